The molecule has 0 atom stereocenters. The van der Waals surface area contributed by atoms with Crippen LogP contribution in [0.2, 0.25) is 5.02 Å². The van der Waals surface area contributed by atoms with Gasteiger partial charge in [-0.3, -0.25) is 0 Å². The van der Waals surface area contributed by atoms with Crippen LogP contribution in [0.5, 0.6) is 11.5 Å². The van der Waals surface area contributed by atoms with Gasteiger partial charge in [0.05, 0.1) is 34.1 Å². The molecule has 5 aromatic rings. The number of hydrogen-bond donors (Lipinski definition) is 2. The first-order chi connectivity index (χ1) is 20.7. The molecule has 0 amide bonds. The van der Waals surface area contributed by atoms with Gasteiger partial charge in [0.15, 0.2) is 0 Å². The molecule has 0 fully saturated rings. The lowest BCUT2D eigenvalue weighted by molar-refractivity contribution is 0.306. The molecule has 0 saturated heterocycles. The summed E-state index contributed by atoms with van der Waals surface area (Å²) < 4.78 is 47.6. The molecule has 0 saturated carbocycles. The van der Waals surface area contributed by atoms with Gasteiger partial charge in [0, 0.05) is 53.8 Å². The summed E-state index contributed by atoms with van der Waals surface area (Å²) in [6.07, 6.45) is 3.37. The molecular weight excluding hydrogens is 613 g/mol. The number of anilines is 2. The van der Waals surface area contributed by atoms with Gasteiger partial charge >= 0.3 is 0 Å². The second-order valence-corrected chi connectivity index (χ2v) is 13.3. The predicted octanol–water partition coefficient (Wildman–Crippen LogP) is 6.05. The van der Waals surface area contributed by atoms with Crippen LogP contribution in [0.1, 0.15) is 10.6 Å². The number of sulfone groups is 1. The highest BCUT2D eigenvalue weighted by Gasteiger charge is 2.16. The number of thiazole rings is 1. The monoisotopic (exact) mass is 641 g/mol. The van der Waals surface area contributed by atoms with E-state index in [0.29, 0.717) is 58.6 Å². The first-order valence-corrected chi connectivity index (χ1v) is 16.6. The van der Waals surface area contributed by atoms with Crippen molar-refractivity contribution in [3.05, 3.63) is 87.7 Å². The van der Waals surface area contributed by atoms with Crippen molar-refractivity contribution in [3.8, 4) is 22.8 Å². The molecule has 43 heavy (non-hydrogen) atoms. The largest absolute Gasteiger partial charge is 0.496 e. The molecule has 0 aliphatic heterocycles. The van der Waals surface area contributed by atoms with Crippen LogP contribution in [0.25, 0.3) is 22.2 Å². The van der Waals surface area contributed by atoms with E-state index < -0.39 is 9.84 Å². The molecule has 224 valence electrons. The Morgan fingerprint density at radius 3 is 2.67 bits per heavy atom. The van der Waals surface area contributed by atoms with Gasteiger partial charge in [0.2, 0.25) is 0 Å². The molecule has 9 nitrogen and oxygen atoms in total. The van der Waals surface area contributed by atoms with E-state index in [2.05, 4.69) is 20.6 Å². The number of aromatic nitrogens is 3. The van der Waals surface area contributed by atoms with Crippen LogP contribution in [0, 0.1) is 5.82 Å². The van der Waals surface area contributed by atoms with Crippen molar-refractivity contribution in [3.63, 3.8) is 0 Å². The van der Waals surface area contributed by atoms with Gasteiger partial charge < -0.3 is 20.1 Å². The fourth-order valence-corrected chi connectivity index (χ4v) is 5.85. The van der Waals surface area contributed by atoms with Crippen LogP contribution < -0.4 is 20.1 Å². The molecule has 3 aromatic carbocycles. The molecule has 2 heterocycles. The van der Waals surface area contributed by atoms with Crippen LogP contribution in [0.15, 0.2) is 66.3 Å². The number of ether oxygens (including phenoxy) is 2. The number of hydrogen-bond acceptors (Lipinski definition) is 10. The number of methoxy groups -OCH3 is 1. The van der Waals surface area contributed by atoms with Crippen molar-refractivity contribution in [2.24, 2.45) is 0 Å². The highest BCUT2D eigenvalue weighted by atomic mass is 35.5. The Balaban J connectivity index is 1.32. The van der Waals surface area contributed by atoms with Crippen molar-refractivity contribution >= 4 is 55.2 Å². The highest BCUT2D eigenvalue weighted by Crippen LogP contribution is 2.37. The quantitative estimate of drug-likeness (QED) is 0.148. The molecule has 5 rings (SSSR count). The SMILES string of the molecule is COc1cc2ncnc(Nc3ccc(OCc4cccc(F)c4)c(Cl)c3)c2cc1-c1csc(CCNCCS(C)(=O)=O)n1. The summed E-state index contributed by atoms with van der Waals surface area (Å²) in [5.41, 5.74) is 3.63. The zero-order chi connectivity index (χ0) is 30.4. The van der Waals surface area contributed by atoms with Gasteiger partial charge in [-0.2, -0.15) is 0 Å². The summed E-state index contributed by atoms with van der Waals surface area (Å²) in [5, 5.41) is 10.5. The van der Waals surface area contributed by atoms with Gasteiger partial charge in [-0.1, -0.05) is 23.7 Å². The summed E-state index contributed by atoms with van der Waals surface area (Å²) in [6.45, 7) is 1.21. The fraction of sp³-hybridized carbons (Fsp3) is 0.233. The van der Waals surface area contributed by atoms with Crippen LogP contribution in [0.3, 0.4) is 0 Å². The van der Waals surface area contributed by atoms with Crippen LogP contribution in [0.4, 0.5) is 15.9 Å². The minimum Gasteiger partial charge on any atom is -0.496 e. The summed E-state index contributed by atoms with van der Waals surface area (Å²) in [5.74, 6) is 1.45. The van der Waals surface area contributed by atoms with E-state index >= 15 is 0 Å². The Kier molecular flexibility index (Phi) is 9.71. The van der Waals surface area contributed by atoms with E-state index in [0.717, 1.165) is 21.7 Å². The molecule has 0 spiro atoms. The van der Waals surface area contributed by atoms with E-state index in [-0.39, 0.29) is 18.2 Å². The van der Waals surface area contributed by atoms with Crippen molar-refractivity contribution in [2.75, 3.05) is 37.5 Å². The van der Waals surface area contributed by atoms with Crippen LogP contribution in [-0.2, 0) is 22.9 Å². The first-order valence-electron chi connectivity index (χ1n) is 13.3. The maximum atomic E-state index is 13.5. The lowest BCUT2D eigenvalue weighted by Crippen LogP contribution is -2.24. The van der Waals surface area contributed by atoms with Gasteiger partial charge in [-0.25, -0.2) is 27.8 Å². The molecule has 0 bridgehead atoms. The average Bonchev–Trinajstić information content (AvgIpc) is 3.44. The lowest BCUT2D eigenvalue weighted by atomic mass is 10.1. The molecule has 0 aliphatic carbocycles. The predicted molar refractivity (Wildman–Crippen MR) is 169 cm³/mol. The normalized spacial score (nSPS) is 11.5. The molecule has 13 heteroatoms. The Hall–Kier alpha value is -3.84. The van der Waals surface area contributed by atoms with Crippen LogP contribution >= 0.6 is 22.9 Å². The first kappa shape index (κ1) is 30.6. The summed E-state index contributed by atoms with van der Waals surface area (Å²) >= 11 is 8.03. The highest BCUT2D eigenvalue weighted by molar-refractivity contribution is 7.90. The zero-order valence-corrected chi connectivity index (χ0v) is 25.8. The number of nitrogens with one attached hydrogen (secondary N) is 2. The standard InChI is InChI=1S/C30H29ClFN5O4S2/c1-40-28-15-25-23(14-22(28)26-17-42-29(37-26)8-9-33-10-11-43(2,38)39)30(35-18-34-25)36-21-6-7-27(24(31)13-21)41-16-19-4-3-5-20(32)12-19/h3-7,12-15,17-18,33H,8-11,16H2,1-2H3,(H,34,35,36). The topological polar surface area (TPSA) is 115 Å². The maximum absolute atomic E-state index is 13.5. The van der Waals surface area contributed by atoms with Crippen molar-refractivity contribution in [1.82, 2.24) is 20.3 Å². The van der Waals surface area contributed by atoms with Crippen molar-refractivity contribution < 1.29 is 22.3 Å². The molecule has 2 aromatic heterocycles. The Morgan fingerprint density at radius 2 is 1.91 bits per heavy atom. The Bertz CT molecular complexity index is 1850. The van der Waals surface area contributed by atoms with Crippen molar-refractivity contribution in [2.45, 2.75) is 13.0 Å². The van der Waals surface area contributed by atoms with Gasteiger partial charge in [0.1, 0.15) is 45.9 Å². The Labute approximate surface area is 258 Å². The molecular formula is C30H29ClFN5O4S2. The number of benzene rings is 3. The van der Waals surface area contributed by atoms with Crippen molar-refractivity contribution in [1.29, 1.82) is 0 Å². The number of nitrogens with zero attached hydrogens (tertiary/aromatic N) is 3. The van der Waals surface area contributed by atoms with Gasteiger partial charge in [-0.15, -0.1) is 11.3 Å². The molecule has 0 unspecified atom stereocenters. The van der Waals surface area contributed by atoms with Gasteiger partial charge in [0.25, 0.3) is 0 Å². The molecule has 2 N–H and O–H groups in total. The van der Waals surface area contributed by atoms with E-state index in [4.69, 9.17) is 26.1 Å². The number of rotatable bonds is 13. The summed E-state index contributed by atoms with van der Waals surface area (Å²) in [7, 11) is -1.39. The minimum atomic E-state index is -3.00. The minimum absolute atomic E-state index is 0.101. The van der Waals surface area contributed by atoms with Gasteiger partial charge in [-0.05, 0) is 42.0 Å². The van der Waals surface area contributed by atoms with E-state index in [1.54, 1.807) is 31.4 Å². The smallest absolute Gasteiger partial charge is 0.148 e. The molecule has 0 radical (unpaired) electrons. The van der Waals surface area contributed by atoms with E-state index in [9.17, 15) is 12.8 Å². The third-order valence-corrected chi connectivity index (χ3v) is 8.58. The van der Waals surface area contributed by atoms with Crippen LogP contribution in [-0.4, -0.2) is 55.6 Å². The summed E-state index contributed by atoms with van der Waals surface area (Å²) in [6, 6.07) is 15.3. The third kappa shape index (κ3) is 8.17. The number of halogens is 2. The fourth-order valence-electron chi connectivity index (χ4n) is 4.30. The average molecular weight is 642 g/mol. The molecule has 0 aliphatic rings. The lowest BCUT2D eigenvalue weighted by Gasteiger charge is -2.13. The second-order valence-electron chi connectivity index (χ2n) is 9.74. The maximum Gasteiger partial charge on any atom is 0.148 e. The zero-order valence-electron chi connectivity index (χ0n) is 23.4. The number of fused-ring (bicyclic) bond motifs is 1. The summed E-state index contributed by atoms with van der Waals surface area (Å²) in [4.78, 5) is 13.7. The second kappa shape index (κ2) is 13.6. The van der Waals surface area contributed by atoms with E-state index in [1.165, 1.54) is 36.1 Å². The third-order valence-electron chi connectivity index (χ3n) is 6.43. The Morgan fingerprint density at radius 1 is 1.05 bits per heavy atom. The van der Waals surface area contributed by atoms with E-state index in [1.807, 2.05) is 23.6 Å².